The second-order valence-electron chi connectivity index (χ2n) is 9.75. The quantitative estimate of drug-likeness (QED) is 0.551. The molecule has 3 aromatic rings. The minimum atomic E-state index is -0.0784. The second-order valence-corrected chi connectivity index (χ2v) is 9.75. The Bertz CT molecular complexity index is 1220. The van der Waals surface area contributed by atoms with Crippen LogP contribution in [0.2, 0.25) is 0 Å². The molecular formula is C28H33N5O2. The van der Waals surface area contributed by atoms with Crippen molar-refractivity contribution in [2.45, 2.75) is 32.2 Å². The largest absolute Gasteiger partial charge is 0.340 e. The van der Waals surface area contributed by atoms with Gasteiger partial charge in [-0.15, -0.1) is 5.10 Å². The van der Waals surface area contributed by atoms with Crippen LogP contribution in [0.3, 0.4) is 0 Å². The predicted molar refractivity (Wildman–Crippen MR) is 138 cm³/mol. The van der Waals surface area contributed by atoms with E-state index in [9.17, 15) is 9.59 Å². The third-order valence-corrected chi connectivity index (χ3v) is 7.41. The molecular weight excluding hydrogens is 438 g/mol. The van der Waals surface area contributed by atoms with Crippen molar-refractivity contribution in [3.63, 3.8) is 0 Å². The molecule has 2 aliphatic rings. The van der Waals surface area contributed by atoms with Crippen LogP contribution < -0.4 is 5.56 Å². The van der Waals surface area contributed by atoms with Crippen molar-refractivity contribution < 1.29 is 4.79 Å². The van der Waals surface area contributed by atoms with E-state index in [0.29, 0.717) is 29.3 Å². The molecule has 0 bridgehead atoms. The number of hydrogen-bond acceptors (Lipinski definition) is 5. The van der Waals surface area contributed by atoms with E-state index in [1.165, 1.54) is 10.2 Å². The van der Waals surface area contributed by atoms with Crippen LogP contribution in [0.5, 0.6) is 0 Å². The SMILES string of the molecule is O=C(C1CCC(Cn2nnc3ccccc3c2=O)CC1)N1CCN(CC=Cc2ccccc2)CC1. The zero-order valence-corrected chi connectivity index (χ0v) is 20.1. The first-order valence-electron chi connectivity index (χ1n) is 12.7. The van der Waals surface area contributed by atoms with Crippen molar-refractivity contribution in [3.8, 4) is 0 Å². The number of amides is 1. The molecule has 5 rings (SSSR count). The first-order chi connectivity index (χ1) is 17.2. The zero-order valence-electron chi connectivity index (χ0n) is 20.1. The number of piperazine rings is 1. The highest BCUT2D eigenvalue weighted by molar-refractivity contribution is 5.79. The maximum absolute atomic E-state index is 13.1. The number of carbonyl (C=O) groups excluding carboxylic acids is 1. The smallest absolute Gasteiger partial charge is 0.277 e. The summed E-state index contributed by atoms with van der Waals surface area (Å²) in [6.07, 6.45) is 8.04. The Hall–Kier alpha value is -3.32. The van der Waals surface area contributed by atoms with Gasteiger partial charge in [0.25, 0.3) is 5.56 Å². The Labute approximate surface area is 206 Å². The zero-order chi connectivity index (χ0) is 24.0. The summed E-state index contributed by atoms with van der Waals surface area (Å²) in [6, 6.07) is 17.7. The topological polar surface area (TPSA) is 71.3 Å². The van der Waals surface area contributed by atoms with Crippen LogP contribution in [0.15, 0.2) is 65.5 Å². The van der Waals surface area contributed by atoms with E-state index in [1.807, 2.05) is 24.3 Å². The van der Waals surface area contributed by atoms with Crippen LogP contribution in [0.25, 0.3) is 17.0 Å². The van der Waals surface area contributed by atoms with Gasteiger partial charge in [0.2, 0.25) is 5.91 Å². The van der Waals surface area contributed by atoms with Crippen molar-refractivity contribution in [2.24, 2.45) is 11.8 Å². The molecule has 0 N–H and O–H groups in total. The third kappa shape index (κ3) is 5.68. The van der Waals surface area contributed by atoms with Gasteiger partial charge in [-0.2, -0.15) is 0 Å². The number of benzene rings is 2. The van der Waals surface area contributed by atoms with Gasteiger partial charge in [0, 0.05) is 45.2 Å². The van der Waals surface area contributed by atoms with Crippen LogP contribution >= 0.6 is 0 Å². The average molecular weight is 472 g/mol. The van der Waals surface area contributed by atoms with E-state index >= 15 is 0 Å². The van der Waals surface area contributed by atoms with Gasteiger partial charge in [-0.1, -0.05) is 59.8 Å². The standard InChI is InChI=1S/C28H33N5O2/c34-27(32-19-17-31(18-20-32)16-6-9-22-7-2-1-3-8-22)24-14-12-23(13-15-24)21-33-28(35)25-10-4-5-11-26(25)29-30-33/h1-11,23-24H,12-21H2. The van der Waals surface area contributed by atoms with E-state index in [2.05, 4.69) is 56.5 Å². The molecule has 7 nitrogen and oxygen atoms in total. The molecule has 2 heterocycles. The summed E-state index contributed by atoms with van der Waals surface area (Å²) in [5, 5.41) is 8.95. The van der Waals surface area contributed by atoms with Gasteiger partial charge in [0.1, 0.15) is 5.52 Å². The summed E-state index contributed by atoms with van der Waals surface area (Å²) < 4.78 is 1.50. The molecule has 1 aliphatic heterocycles. The molecule has 0 unspecified atom stereocenters. The molecule has 1 saturated heterocycles. The molecule has 7 heteroatoms. The normalized spacial score (nSPS) is 21.5. The minimum Gasteiger partial charge on any atom is -0.340 e. The van der Waals surface area contributed by atoms with Gasteiger partial charge in [-0.05, 0) is 49.3 Å². The van der Waals surface area contributed by atoms with Crippen molar-refractivity contribution in [1.29, 1.82) is 0 Å². The first kappa shape index (κ1) is 23.4. The van der Waals surface area contributed by atoms with Crippen molar-refractivity contribution >= 4 is 22.9 Å². The molecule has 1 aliphatic carbocycles. The highest BCUT2D eigenvalue weighted by Crippen LogP contribution is 2.31. The summed E-state index contributed by atoms with van der Waals surface area (Å²) in [5.74, 6) is 0.779. The lowest BCUT2D eigenvalue weighted by atomic mass is 9.81. The number of rotatable bonds is 6. The summed E-state index contributed by atoms with van der Waals surface area (Å²) in [4.78, 5) is 30.3. The molecule has 0 atom stereocenters. The van der Waals surface area contributed by atoms with Gasteiger partial charge in [-0.25, -0.2) is 4.68 Å². The van der Waals surface area contributed by atoms with E-state index in [-0.39, 0.29) is 11.5 Å². The Balaban J connectivity index is 1.07. The number of carbonyl (C=O) groups is 1. The van der Waals surface area contributed by atoms with Crippen molar-refractivity contribution in [2.75, 3.05) is 32.7 Å². The molecule has 182 valence electrons. The summed E-state index contributed by atoms with van der Waals surface area (Å²) >= 11 is 0. The number of fused-ring (bicyclic) bond motifs is 1. The van der Waals surface area contributed by atoms with Crippen LogP contribution in [0.1, 0.15) is 31.2 Å². The van der Waals surface area contributed by atoms with Crippen molar-refractivity contribution in [3.05, 3.63) is 76.6 Å². The molecule has 1 aromatic heterocycles. The van der Waals surface area contributed by atoms with Crippen LogP contribution in [-0.4, -0.2) is 63.4 Å². The van der Waals surface area contributed by atoms with Gasteiger partial charge < -0.3 is 4.90 Å². The van der Waals surface area contributed by atoms with Crippen LogP contribution in [0, 0.1) is 11.8 Å². The van der Waals surface area contributed by atoms with Gasteiger partial charge in [-0.3, -0.25) is 14.5 Å². The number of hydrogen-bond donors (Lipinski definition) is 0. The molecule has 0 spiro atoms. The molecule has 1 amide bonds. The van der Waals surface area contributed by atoms with Crippen LogP contribution in [-0.2, 0) is 11.3 Å². The van der Waals surface area contributed by atoms with Crippen LogP contribution in [0.4, 0.5) is 0 Å². The first-order valence-corrected chi connectivity index (χ1v) is 12.7. The number of nitrogens with zero attached hydrogens (tertiary/aromatic N) is 5. The van der Waals surface area contributed by atoms with E-state index in [4.69, 9.17) is 0 Å². The fourth-order valence-electron chi connectivity index (χ4n) is 5.29. The Morgan fingerprint density at radius 2 is 1.63 bits per heavy atom. The summed E-state index contributed by atoms with van der Waals surface area (Å²) in [6.45, 7) is 4.94. The maximum atomic E-state index is 13.1. The van der Waals surface area contributed by atoms with Crippen molar-refractivity contribution in [1.82, 2.24) is 24.8 Å². The minimum absolute atomic E-state index is 0.0784. The van der Waals surface area contributed by atoms with Gasteiger partial charge in [0.15, 0.2) is 0 Å². The monoisotopic (exact) mass is 471 g/mol. The third-order valence-electron chi connectivity index (χ3n) is 7.41. The highest BCUT2D eigenvalue weighted by Gasteiger charge is 2.31. The van der Waals surface area contributed by atoms with Gasteiger partial charge >= 0.3 is 0 Å². The van der Waals surface area contributed by atoms with E-state index in [1.54, 1.807) is 6.07 Å². The number of aromatic nitrogens is 3. The Morgan fingerprint density at radius 1 is 0.914 bits per heavy atom. The second kappa shape index (κ2) is 11.0. The lowest BCUT2D eigenvalue weighted by molar-refractivity contribution is -0.138. The Morgan fingerprint density at radius 3 is 2.40 bits per heavy atom. The fraction of sp³-hybridized carbons (Fsp3) is 0.429. The predicted octanol–water partition coefficient (Wildman–Crippen LogP) is 3.46. The molecule has 1 saturated carbocycles. The fourth-order valence-corrected chi connectivity index (χ4v) is 5.29. The van der Waals surface area contributed by atoms with E-state index in [0.717, 1.165) is 58.4 Å². The van der Waals surface area contributed by atoms with E-state index < -0.39 is 0 Å². The van der Waals surface area contributed by atoms with Gasteiger partial charge in [0.05, 0.1) is 5.39 Å². The molecule has 2 fully saturated rings. The molecule has 0 radical (unpaired) electrons. The molecule has 35 heavy (non-hydrogen) atoms. The maximum Gasteiger partial charge on any atom is 0.277 e. The lowest BCUT2D eigenvalue weighted by Crippen LogP contribution is -2.50. The summed E-state index contributed by atoms with van der Waals surface area (Å²) in [7, 11) is 0. The highest BCUT2D eigenvalue weighted by atomic mass is 16.2. The molecule has 2 aromatic carbocycles. The Kier molecular flexibility index (Phi) is 7.33. The average Bonchev–Trinajstić information content (AvgIpc) is 2.91. The lowest BCUT2D eigenvalue weighted by Gasteiger charge is -2.37. The summed E-state index contributed by atoms with van der Waals surface area (Å²) in [5.41, 5.74) is 1.77.